The van der Waals surface area contributed by atoms with Gasteiger partial charge in [-0.3, -0.25) is 9.78 Å². The smallest absolute Gasteiger partial charge is 0.251 e. The van der Waals surface area contributed by atoms with Gasteiger partial charge in [0, 0.05) is 32.0 Å². The van der Waals surface area contributed by atoms with Gasteiger partial charge in [-0.2, -0.15) is 0 Å². The van der Waals surface area contributed by atoms with Crippen molar-refractivity contribution in [3.8, 4) is 0 Å². The fourth-order valence-corrected chi connectivity index (χ4v) is 1.44. The minimum atomic E-state index is -0.106. The summed E-state index contributed by atoms with van der Waals surface area (Å²) >= 11 is 0. The second-order valence-electron chi connectivity index (χ2n) is 4.01. The summed E-state index contributed by atoms with van der Waals surface area (Å²) in [7, 11) is 1.65. The Kier molecular flexibility index (Phi) is 5.59. The maximum absolute atomic E-state index is 11.8. The van der Waals surface area contributed by atoms with E-state index in [0.29, 0.717) is 36.9 Å². The van der Waals surface area contributed by atoms with Gasteiger partial charge in [0.2, 0.25) is 0 Å². The molecule has 0 aliphatic rings. The largest absolute Gasteiger partial charge is 0.384 e. The molecule has 94 valence electrons. The van der Waals surface area contributed by atoms with Gasteiger partial charge in [0.15, 0.2) is 0 Å². The highest BCUT2D eigenvalue weighted by molar-refractivity contribution is 5.94. The zero-order valence-corrected chi connectivity index (χ0v) is 10.3. The number of pyridine rings is 1. The molecule has 1 unspecified atom stereocenters. The Labute approximate surface area is 101 Å². The highest BCUT2D eigenvalue weighted by atomic mass is 16.5. The topological polar surface area (TPSA) is 77.2 Å². The van der Waals surface area contributed by atoms with Crippen LogP contribution in [0.4, 0.5) is 0 Å². The van der Waals surface area contributed by atoms with E-state index in [1.807, 2.05) is 6.92 Å². The standard InChI is InChI=1S/C12H19N3O2/c1-9(8-17-2)7-15-12(16)10-3-4-14-11(5-10)6-13/h3-5,9H,6-8,13H2,1-2H3,(H,15,16). The number of methoxy groups -OCH3 is 1. The number of carbonyl (C=O) groups is 1. The second kappa shape index (κ2) is 6.98. The number of nitrogens with two attached hydrogens (primary N) is 1. The molecule has 0 aliphatic carbocycles. The average molecular weight is 237 g/mol. The van der Waals surface area contributed by atoms with Gasteiger partial charge >= 0.3 is 0 Å². The first-order chi connectivity index (χ1) is 8.17. The van der Waals surface area contributed by atoms with Crippen LogP contribution < -0.4 is 11.1 Å². The van der Waals surface area contributed by atoms with E-state index >= 15 is 0 Å². The molecule has 1 atom stereocenters. The zero-order chi connectivity index (χ0) is 12.7. The lowest BCUT2D eigenvalue weighted by Gasteiger charge is -2.11. The van der Waals surface area contributed by atoms with Crippen LogP contribution in [0.5, 0.6) is 0 Å². The van der Waals surface area contributed by atoms with Crippen LogP contribution in [-0.2, 0) is 11.3 Å². The number of aromatic nitrogens is 1. The molecule has 0 aliphatic heterocycles. The van der Waals surface area contributed by atoms with E-state index in [0.717, 1.165) is 0 Å². The number of nitrogens with one attached hydrogen (secondary N) is 1. The summed E-state index contributed by atoms with van der Waals surface area (Å²) in [5.41, 5.74) is 6.77. The molecule has 1 amide bonds. The Hall–Kier alpha value is -1.46. The lowest BCUT2D eigenvalue weighted by molar-refractivity contribution is 0.0934. The first-order valence-corrected chi connectivity index (χ1v) is 5.59. The molecule has 0 bridgehead atoms. The van der Waals surface area contributed by atoms with E-state index in [9.17, 15) is 4.79 Å². The third kappa shape index (κ3) is 4.50. The number of ether oxygens (including phenoxy) is 1. The highest BCUT2D eigenvalue weighted by Gasteiger charge is 2.08. The lowest BCUT2D eigenvalue weighted by atomic mass is 10.1. The fourth-order valence-electron chi connectivity index (χ4n) is 1.44. The minimum Gasteiger partial charge on any atom is -0.384 e. The maximum Gasteiger partial charge on any atom is 0.251 e. The minimum absolute atomic E-state index is 0.106. The Balaban J connectivity index is 2.51. The van der Waals surface area contributed by atoms with E-state index < -0.39 is 0 Å². The Morgan fingerprint density at radius 2 is 2.41 bits per heavy atom. The average Bonchev–Trinajstić information content (AvgIpc) is 2.36. The van der Waals surface area contributed by atoms with Crippen molar-refractivity contribution in [1.82, 2.24) is 10.3 Å². The quantitative estimate of drug-likeness (QED) is 0.757. The molecule has 1 aromatic heterocycles. The SMILES string of the molecule is COCC(C)CNC(=O)c1ccnc(CN)c1. The van der Waals surface area contributed by atoms with Gasteiger partial charge in [-0.1, -0.05) is 6.92 Å². The van der Waals surface area contributed by atoms with Crippen LogP contribution in [0.25, 0.3) is 0 Å². The van der Waals surface area contributed by atoms with Gasteiger partial charge in [0.25, 0.3) is 5.91 Å². The number of hydrogen-bond donors (Lipinski definition) is 2. The molecule has 1 heterocycles. The normalized spacial score (nSPS) is 12.2. The molecule has 1 aromatic rings. The lowest BCUT2D eigenvalue weighted by Crippen LogP contribution is -2.30. The molecule has 1 rings (SSSR count). The van der Waals surface area contributed by atoms with Gasteiger partial charge < -0.3 is 15.8 Å². The molecular weight excluding hydrogens is 218 g/mol. The third-order valence-corrected chi connectivity index (χ3v) is 2.35. The number of amides is 1. The molecule has 0 aromatic carbocycles. The van der Waals surface area contributed by atoms with Crippen molar-refractivity contribution in [3.05, 3.63) is 29.6 Å². The molecule has 0 spiro atoms. The molecule has 5 nitrogen and oxygen atoms in total. The monoisotopic (exact) mass is 237 g/mol. The summed E-state index contributed by atoms with van der Waals surface area (Å²) in [6.45, 7) is 3.57. The van der Waals surface area contributed by atoms with Gasteiger partial charge in [0.1, 0.15) is 0 Å². The van der Waals surface area contributed by atoms with Crippen molar-refractivity contribution in [3.63, 3.8) is 0 Å². The van der Waals surface area contributed by atoms with Gasteiger partial charge in [-0.05, 0) is 18.1 Å². The van der Waals surface area contributed by atoms with E-state index in [1.54, 1.807) is 25.4 Å². The van der Waals surface area contributed by atoms with Crippen LogP contribution in [0.2, 0.25) is 0 Å². The van der Waals surface area contributed by atoms with Crippen LogP contribution in [0.1, 0.15) is 23.0 Å². The van der Waals surface area contributed by atoms with Crippen molar-refractivity contribution in [2.75, 3.05) is 20.3 Å². The molecule has 0 fully saturated rings. The van der Waals surface area contributed by atoms with E-state index in [-0.39, 0.29) is 5.91 Å². The van der Waals surface area contributed by atoms with E-state index in [2.05, 4.69) is 10.3 Å². The molecule has 0 saturated heterocycles. The van der Waals surface area contributed by atoms with Gasteiger partial charge in [-0.15, -0.1) is 0 Å². The van der Waals surface area contributed by atoms with Crippen LogP contribution >= 0.6 is 0 Å². The predicted molar refractivity (Wildman–Crippen MR) is 65.5 cm³/mol. The van der Waals surface area contributed by atoms with Crippen molar-refractivity contribution in [2.45, 2.75) is 13.5 Å². The Morgan fingerprint density at radius 1 is 1.65 bits per heavy atom. The first kappa shape index (κ1) is 13.6. The molecule has 17 heavy (non-hydrogen) atoms. The molecule has 0 radical (unpaired) electrons. The number of carbonyl (C=O) groups excluding carboxylic acids is 1. The molecular formula is C12H19N3O2. The summed E-state index contributed by atoms with van der Waals surface area (Å²) in [5, 5.41) is 2.85. The van der Waals surface area contributed by atoms with Crippen molar-refractivity contribution < 1.29 is 9.53 Å². The number of rotatable bonds is 6. The van der Waals surface area contributed by atoms with Crippen molar-refractivity contribution >= 4 is 5.91 Å². The van der Waals surface area contributed by atoms with Crippen molar-refractivity contribution in [2.24, 2.45) is 11.7 Å². The Morgan fingerprint density at radius 3 is 3.06 bits per heavy atom. The van der Waals surface area contributed by atoms with Crippen LogP contribution in [0.3, 0.4) is 0 Å². The number of hydrogen-bond acceptors (Lipinski definition) is 4. The molecule has 3 N–H and O–H groups in total. The Bertz CT molecular complexity index is 369. The van der Waals surface area contributed by atoms with Gasteiger partial charge in [-0.25, -0.2) is 0 Å². The summed E-state index contributed by atoms with van der Waals surface area (Å²) in [6.07, 6.45) is 1.59. The van der Waals surface area contributed by atoms with Crippen LogP contribution in [0, 0.1) is 5.92 Å². The second-order valence-corrected chi connectivity index (χ2v) is 4.01. The summed E-state index contributed by atoms with van der Waals surface area (Å²) < 4.78 is 5.00. The zero-order valence-electron chi connectivity index (χ0n) is 10.3. The predicted octanol–water partition coefficient (Wildman–Crippen LogP) is 0.553. The summed E-state index contributed by atoms with van der Waals surface area (Å²) in [6, 6.07) is 3.38. The van der Waals surface area contributed by atoms with E-state index in [1.165, 1.54) is 0 Å². The molecule has 5 heteroatoms. The highest BCUT2D eigenvalue weighted by Crippen LogP contribution is 2.02. The fraction of sp³-hybridized carbons (Fsp3) is 0.500. The summed E-state index contributed by atoms with van der Waals surface area (Å²) in [5.74, 6) is 0.185. The molecule has 0 saturated carbocycles. The van der Waals surface area contributed by atoms with Crippen LogP contribution in [-0.4, -0.2) is 31.2 Å². The number of nitrogens with zero attached hydrogens (tertiary/aromatic N) is 1. The van der Waals surface area contributed by atoms with E-state index in [4.69, 9.17) is 10.5 Å². The summed E-state index contributed by atoms with van der Waals surface area (Å²) in [4.78, 5) is 15.8. The maximum atomic E-state index is 11.8. The third-order valence-electron chi connectivity index (χ3n) is 2.35. The first-order valence-electron chi connectivity index (χ1n) is 5.59. The van der Waals surface area contributed by atoms with Crippen molar-refractivity contribution in [1.29, 1.82) is 0 Å². The van der Waals surface area contributed by atoms with Crippen LogP contribution in [0.15, 0.2) is 18.3 Å². The van der Waals surface area contributed by atoms with Gasteiger partial charge in [0.05, 0.1) is 12.3 Å².